The molecule has 2 unspecified atom stereocenters. The highest BCUT2D eigenvalue weighted by atomic mass is 15.2. The summed E-state index contributed by atoms with van der Waals surface area (Å²) in [6, 6.07) is 20.8. The number of aryl methyl sites for hydroxylation is 2. The fraction of sp³-hybridized carbons (Fsp3) is 0.346. The van der Waals surface area contributed by atoms with Crippen LogP contribution >= 0.6 is 0 Å². The van der Waals surface area contributed by atoms with E-state index >= 15 is 0 Å². The maximum absolute atomic E-state index is 2.61. The summed E-state index contributed by atoms with van der Waals surface area (Å²) in [6.45, 7) is 11.6. The number of pyridine rings is 1. The van der Waals surface area contributed by atoms with Crippen molar-refractivity contribution in [2.45, 2.75) is 58.4 Å². The first-order chi connectivity index (χ1) is 12.9. The summed E-state index contributed by atoms with van der Waals surface area (Å²) in [6.07, 6.45) is 2.32. The van der Waals surface area contributed by atoms with Gasteiger partial charge in [0.25, 0.3) is 0 Å². The number of fused-ring (bicyclic) bond motifs is 2. The van der Waals surface area contributed by atoms with E-state index in [2.05, 4.69) is 93.8 Å². The molecular formula is C26H28N+. The SMILES string of the molecule is CCC1(C)c2ccc(-c3ccc(C)c(C)c3)cc2-c2cccc3[n+]2C1(C)C3. The van der Waals surface area contributed by atoms with Crippen molar-refractivity contribution in [2.24, 2.45) is 0 Å². The summed E-state index contributed by atoms with van der Waals surface area (Å²) in [4.78, 5) is 0. The zero-order valence-electron chi connectivity index (χ0n) is 17.1. The van der Waals surface area contributed by atoms with Gasteiger partial charge in [0.05, 0.1) is 17.4 Å². The lowest BCUT2D eigenvalue weighted by Crippen LogP contribution is -2.77. The Morgan fingerprint density at radius 1 is 0.889 bits per heavy atom. The van der Waals surface area contributed by atoms with Crippen molar-refractivity contribution in [3.05, 3.63) is 77.0 Å². The zero-order chi connectivity index (χ0) is 19.0. The topological polar surface area (TPSA) is 3.88 Å². The van der Waals surface area contributed by atoms with Gasteiger partial charge in [0.2, 0.25) is 5.69 Å². The maximum Gasteiger partial charge on any atom is 0.213 e. The molecule has 27 heavy (non-hydrogen) atoms. The minimum absolute atomic E-state index is 0.163. The molecule has 0 amide bonds. The minimum atomic E-state index is 0.163. The van der Waals surface area contributed by atoms with Gasteiger partial charge in [-0.15, -0.1) is 0 Å². The van der Waals surface area contributed by atoms with Crippen molar-refractivity contribution >= 4 is 0 Å². The Labute approximate surface area is 162 Å². The van der Waals surface area contributed by atoms with Gasteiger partial charge < -0.3 is 0 Å². The normalized spacial score (nSPS) is 24.8. The summed E-state index contributed by atoms with van der Waals surface area (Å²) in [5, 5.41) is 0. The van der Waals surface area contributed by atoms with E-state index in [1.165, 1.54) is 51.2 Å². The van der Waals surface area contributed by atoms with E-state index in [1.54, 1.807) is 0 Å². The molecule has 0 fully saturated rings. The largest absolute Gasteiger partial charge is 0.213 e. The highest BCUT2D eigenvalue weighted by molar-refractivity contribution is 5.75. The Hall–Kier alpha value is -2.41. The molecule has 136 valence electrons. The van der Waals surface area contributed by atoms with Gasteiger partial charge in [0, 0.05) is 19.1 Å². The van der Waals surface area contributed by atoms with Crippen molar-refractivity contribution in [3.8, 4) is 22.4 Å². The van der Waals surface area contributed by atoms with Crippen molar-refractivity contribution in [1.82, 2.24) is 0 Å². The van der Waals surface area contributed by atoms with Gasteiger partial charge >= 0.3 is 0 Å². The third-order valence-corrected chi connectivity index (χ3v) is 7.72. The molecule has 2 aliphatic rings. The first kappa shape index (κ1) is 16.7. The number of hydrogen-bond acceptors (Lipinski definition) is 0. The molecule has 1 nitrogen and oxygen atoms in total. The Morgan fingerprint density at radius 2 is 1.63 bits per heavy atom. The van der Waals surface area contributed by atoms with Gasteiger partial charge in [0.1, 0.15) is 0 Å². The van der Waals surface area contributed by atoms with E-state index in [4.69, 9.17) is 0 Å². The monoisotopic (exact) mass is 354 g/mol. The van der Waals surface area contributed by atoms with Crippen LogP contribution in [0.4, 0.5) is 0 Å². The second-order valence-corrected chi connectivity index (χ2v) is 8.93. The molecule has 5 rings (SSSR count). The predicted molar refractivity (Wildman–Crippen MR) is 112 cm³/mol. The third-order valence-electron chi connectivity index (χ3n) is 7.72. The summed E-state index contributed by atoms with van der Waals surface area (Å²) in [7, 11) is 0. The van der Waals surface area contributed by atoms with Gasteiger partial charge in [-0.1, -0.05) is 37.3 Å². The molecule has 3 aromatic rings. The van der Waals surface area contributed by atoms with E-state index in [1.807, 2.05) is 0 Å². The standard InChI is InChI=1S/C26H28N/c1-6-25(4)23-13-12-20(19-11-10-17(2)18(3)14-19)15-22(23)24-9-7-8-21-16-26(25,5)27(21)24/h7-15H,6,16H2,1-5H3/q+1. The van der Waals surface area contributed by atoms with Crippen molar-refractivity contribution < 1.29 is 4.57 Å². The van der Waals surface area contributed by atoms with Crippen LogP contribution in [0, 0.1) is 13.8 Å². The predicted octanol–water partition coefficient (Wildman–Crippen LogP) is 5.88. The molecule has 0 saturated heterocycles. The van der Waals surface area contributed by atoms with Crippen molar-refractivity contribution in [2.75, 3.05) is 0 Å². The van der Waals surface area contributed by atoms with E-state index in [-0.39, 0.29) is 11.0 Å². The van der Waals surface area contributed by atoms with Gasteiger partial charge in [-0.25, -0.2) is 0 Å². The summed E-state index contributed by atoms with van der Waals surface area (Å²) < 4.78 is 2.61. The first-order valence-corrected chi connectivity index (χ1v) is 10.2. The maximum atomic E-state index is 2.61. The molecule has 1 aromatic heterocycles. The second-order valence-electron chi connectivity index (χ2n) is 8.93. The second kappa shape index (κ2) is 5.32. The molecule has 0 saturated carbocycles. The molecular weight excluding hydrogens is 326 g/mol. The third kappa shape index (κ3) is 1.98. The molecule has 3 heterocycles. The minimum Gasteiger partial charge on any atom is -0.189 e. The molecule has 0 radical (unpaired) electrons. The van der Waals surface area contributed by atoms with E-state index in [9.17, 15) is 0 Å². The highest BCUT2D eigenvalue weighted by Crippen LogP contribution is 2.53. The van der Waals surface area contributed by atoms with Crippen LogP contribution in [0.15, 0.2) is 54.6 Å². The van der Waals surface area contributed by atoms with Gasteiger partial charge in [-0.3, -0.25) is 0 Å². The van der Waals surface area contributed by atoms with Crippen LogP contribution in [0.1, 0.15) is 49.6 Å². The van der Waals surface area contributed by atoms with Crippen LogP contribution in [-0.2, 0) is 17.4 Å². The van der Waals surface area contributed by atoms with Gasteiger partial charge in [0.15, 0.2) is 11.2 Å². The highest BCUT2D eigenvalue weighted by Gasteiger charge is 2.64. The summed E-state index contributed by atoms with van der Waals surface area (Å²) in [5.41, 5.74) is 11.5. The molecule has 0 bridgehead atoms. The average molecular weight is 355 g/mol. The quantitative estimate of drug-likeness (QED) is 0.506. The average Bonchev–Trinajstić information content (AvgIpc) is 2.67. The van der Waals surface area contributed by atoms with E-state index < -0.39 is 0 Å². The molecule has 1 heteroatoms. The van der Waals surface area contributed by atoms with Crippen LogP contribution in [0.25, 0.3) is 22.4 Å². The Kier molecular flexibility index (Phi) is 3.30. The number of nitrogens with zero attached hydrogens (tertiary/aromatic N) is 1. The Bertz CT molecular complexity index is 1090. The fourth-order valence-electron chi connectivity index (χ4n) is 5.47. The summed E-state index contributed by atoms with van der Waals surface area (Å²) in [5.74, 6) is 0. The van der Waals surface area contributed by atoms with Crippen LogP contribution in [0.2, 0.25) is 0 Å². The Balaban J connectivity index is 1.77. The molecule has 0 N–H and O–H groups in total. The molecule has 2 aliphatic heterocycles. The van der Waals surface area contributed by atoms with Crippen LogP contribution in [0.3, 0.4) is 0 Å². The number of rotatable bonds is 2. The summed E-state index contributed by atoms with van der Waals surface area (Å²) >= 11 is 0. The number of aromatic nitrogens is 1. The lowest BCUT2D eigenvalue weighted by Gasteiger charge is -2.51. The Morgan fingerprint density at radius 3 is 2.37 bits per heavy atom. The van der Waals surface area contributed by atoms with Crippen LogP contribution < -0.4 is 4.57 Å². The molecule has 2 atom stereocenters. The van der Waals surface area contributed by atoms with Crippen molar-refractivity contribution in [1.29, 1.82) is 0 Å². The fourth-order valence-corrected chi connectivity index (χ4v) is 5.47. The number of hydrogen-bond donors (Lipinski definition) is 0. The molecule has 2 aromatic carbocycles. The lowest BCUT2D eigenvalue weighted by molar-refractivity contribution is -0.810. The first-order valence-electron chi connectivity index (χ1n) is 10.2. The lowest BCUT2D eigenvalue weighted by atomic mass is 9.57. The van der Waals surface area contributed by atoms with Crippen molar-refractivity contribution in [3.63, 3.8) is 0 Å². The van der Waals surface area contributed by atoms with E-state index in [0.717, 1.165) is 6.42 Å². The smallest absolute Gasteiger partial charge is 0.189 e. The van der Waals surface area contributed by atoms with Crippen LogP contribution in [-0.4, -0.2) is 0 Å². The van der Waals surface area contributed by atoms with E-state index in [0.29, 0.717) is 0 Å². The van der Waals surface area contributed by atoms with Gasteiger partial charge in [-0.05, 0) is 67.1 Å². The zero-order valence-corrected chi connectivity index (χ0v) is 17.1. The van der Waals surface area contributed by atoms with Gasteiger partial charge in [-0.2, -0.15) is 4.57 Å². The molecule has 0 aliphatic carbocycles. The molecule has 0 spiro atoms. The number of benzene rings is 2. The van der Waals surface area contributed by atoms with Crippen LogP contribution in [0.5, 0.6) is 0 Å².